The number of carbonyl (C=O) groups excluding carboxylic acids is 1. The van der Waals surface area contributed by atoms with Crippen LogP contribution in [0.4, 0.5) is 10.5 Å². The quantitative estimate of drug-likeness (QED) is 0.853. The fraction of sp³-hybridized carbons (Fsp3) is 0.385. The van der Waals surface area contributed by atoms with E-state index in [1.165, 1.54) is 0 Å². The monoisotopic (exact) mass is 248 g/mol. The molecule has 1 aromatic rings. The minimum Gasteiger partial charge on any atom is -0.481 e. The molecule has 1 unspecified atom stereocenters. The molecule has 1 fully saturated rings. The number of hydrogen-bond acceptors (Lipinski definition) is 2. The molecule has 1 atom stereocenters. The summed E-state index contributed by atoms with van der Waals surface area (Å²) in [6, 6.07) is 7.46. The van der Waals surface area contributed by atoms with Crippen LogP contribution >= 0.6 is 0 Å². The van der Waals surface area contributed by atoms with Crippen molar-refractivity contribution in [1.82, 2.24) is 5.32 Å². The summed E-state index contributed by atoms with van der Waals surface area (Å²) in [7, 11) is 0. The van der Waals surface area contributed by atoms with Crippen molar-refractivity contribution < 1.29 is 14.7 Å². The molecule has 1 aromatic carbocycles. The summed E-state index contributed by atoms with van der Waals surface area (Å²) in [5.41, 5.74) is 1.88. The maximum absolute atomic E-state index is 11.8. The number of urea groups is 1. The molecule has 1 heterocycles. The van der Waals surface area contributed by atoms with E-state index in [1.54, 1.807) is 4.90 Å². The van der Waals surface area contributed by atoms with E-state index in [0.29, 0.717) is 13.1 Å². The van der Waals surface area contributed by atoms with Gasteiger partial charge < -0.3 is 10.4 Å². The van der Waals surface area contributed by atoms with Gasteiger partial charge in [-0.15, -0.1) is 0 Å². The number of rotatable bonds is 3. The fourth-order valence-electron chi connectivity index (χ4n) is 2.13. The molecular weight excluding hydrogens is 232 g/mol. The molecule has 1 aliphatic heterocycles. The molecule has 2 amide bonds. The molecule has 2 N–H and O–H groups in total. The van der Waals surface area contributed by atoms with E-state index in [-0.39, 0.29) is 18.4 Å². The average Bonchev–Trinajstić information content (AvgIpc) is 2.31. The van der Waals surface area contributed by atoms with Crippen LogP contribution in [0.2, 0.25) is 0 Å². The molecule has 0 bridgehead atoms. The van der Waals surface area contributed by atoms with Crippen LogP contribution in [0.15, 0.2) is 24.3 Å². The van der Waals surface area contributed by atoms with Gasteiger partial charge in [0.2, 0.25) is 0 Å². The molecule has 2 rings (SSSR count). The second-order valence-corrected chi connectivity index (χ2v) is 4.60. The van der Waals surface area contributed by atoms with E-state index in [1.807, 2.05) is 31.2 Å². The average molecular weight is 248 g/mol. The molecule has 5 heteroatoms. The van der Waals surface area contributed by atoms with Crippen LogP contribution in [0.5, 0.6) is 0 Å². The van der Waals surface area contributed by atoms with E-state index < -0.39 is 5.97 Å². The first-order valence-electron chi connectivity index (χ1n) is 5.90. The number of nitrogens with one attached hydrogen (secondary N) is 1. The Bertz CT molecular complexity index is 473. The minimum atomic E-state index is -0.833. The summed E-state index contributed by atoms with van der Waals surface area (Å²) in [5, 5.41) is 11.5. The van der Waals surface area contributed by atoms with Gasteiger partial charge in [0.1, 0.15) is 0 Å². The third-order valence-corrected chi connectivity index (χ3v) is 3.00. The lowest BCUT2D eigenvalue weighted by molar-refractivity contribution is -0.138. The second-order valence-electron chi connectivity index (χ2n) is 4.60. The zero-order chi connectivity index (χ0) is 13.1. The van der Waals surface area contributed by atoms with Crippen molar-refractivity contribution in [2.24, 2.45) is 5.92 Å². The molecule has 0 spiro atoms. The smallest absolute Gasteiger partial charge is 0.321 e. The zero-order valence-corrected chi connectivity index (χ0v) is 10.2. The van der Waals surface area contributed by atoms with Gasteiger partial charge >= 0.3 is 12.0 Å². The van der Waals surface area contributed by atoms with Crippen molar-refractivity contribution in [3.8, 4) is 0 Å². The standard InChI is InChI=1S/C13H16N2O3/c1-9-3-2-4-11(5-9)15-8-10(6-12(16)17)7-14-13(15)18/h2-5,10H,6-8H2,1H3,(H,14,18)(H,16,17). The molecular formula is C13H16N2O3. The highest BCUT2D eigenvalue weighted by Gasteiger charge is 2.27. The van der Waals surface area contributed by atoms with Gasteiger partial charge in [-0.05, 0) is 24.6 Å². The molecule has 0 saturated carbocycles. The van der Waals surface area contributed by atoms with Gasteiger partial charge in [-0.3, -0.25) is 9.69 Å². The second kappa shape index (κ2) is 5.08. The van der Waals surface area contributed by atoms with Crippen LogP contribution in [0.25, 0.3) is 0 Å². The van der Waals surface area contributed by atoms with Gasteiger partial charge in [0.15, 0.2) is 0 Å². The number of carboxylic acids is 1. The number of benzene rings is 1. The highest BCUT2D eigenvalue weighted by Crippen LogP contribution is 2.21. The number of carbonyl (C=O) groups is 2. The molecule has 0 aliphatic carbocycles. The van der Waals surface area contributed by atoms with Crippen LogP contribution in [0.3, 0.4) is 0 Å². The predicted molar refractivity (Wildman–Crippen MR) is 67.7 cm³/mol. The largest absolute Gasteiger partial charge is 0.481 e. The van der Waals surface area contributed by atoms with E-state index in [9.17, 15) is 9.59 Å². The lowest BCUT2D eigenvalue weighted by atomic mass is 10.0. The van der Waals surface area contributed by atoms with E-state index in [4.69, 9.17) is 5.11 Å². The Labute approximate surface area is 105 Å². The Morgan fingerprint density at radius 2 is 2.33 bits per heavy atom. The van der Waals surface area contributed by atoms with Gasteiger partial charge in [-0.1, -0.05) is 12.1 Å². The highest BCUT2D eigenvalue weighted by molar-refractivity contribution is 5.93. The van der Waals surface area contributed by atoms with Gasteiger partial charge in [0.25, 0.3) is 0 Å². The normalized spacial score (nSPS) is 19.5. The Morgan fingerprint density at radius 1 is 1.56 bits per heavy atom. The fourth-order valence-corrected chi connectivity index (χ4v) is 2.13. The maximum Gasteiger partial charge on any atom is 0.321 e. The molecule has 0 aromatic heterocycles. The lowest BCUT2D eigenvalue weighted by Crippen LogP contribution is -2.51. The van der Waals surface area contributed by atoms with Crippen molar-refractivity contribution in [3.05, 3.63) is 29.8 Å². The number of hydrogen-bond donors (Lipinski definition) is 2. The van der Waals surface area contributed by atoms with Crippen molar-refractivity contribution in [1.29, 1.82) is 0 Å². The number of carboxylic acid groups (broad SMARTS) is 1. The van der Waals surface area contributed by atoms with Crippen molar-refractivity contribution in [2.45, 2.75) is 13.3 Å². The summed E-state index contributed by atoms with van der Waals surface area (Å²) in [5.74, 6) is -0.888. The van der Waals surface area contributed by atoms with Gasteiger partial charge in [-0.2, -0.15) is 0 Å². The third-order valence-electron chi connectivity index (χ3n) is 3.00. The summed E-state index contributed by atoms with van der Waals surface area (Å²) in [4.78, 5) is 24.1. The Morgan fingerprint density at radius 3 is 3.00 bits per heavy atom. The van der Waals surface area contributed by atoms with Crippen LogP contribution in [-0.4, -0.2) is 30.2 Å². The zero-order valence-electron chi connectivity index (χ0n) is 10.2. The summed E-state index contributed by atoms with van der Waals surface area (Å²) in [6.07, 6.45) is 0.0720. The van der Waals surface area contributed by atoms with E-state index in [0.717, 1.165) is 11.3 Å². The van der Waals surface area contributed by atoms with Crippen LogP contribution in [-0.2, 0) is 4.79 Å². The Kier molecular flexibility index (Phi) is 3.50. The van der Waals surface area contributed by atoms with E-state index in [2.05, 4.69) is 5.32 Å². The first-order valence-corrected chi connectivity index (χ1v) is 5.90. The number of anilines is 1. The van der Waals surface area contributed by atoms with Gasteiger partial charge in [0, 0.05) is 24.7 Å². The Balaban J connectivity index is 2.15. The SMILES string of the molecule is Cc1cccc(N2CC(CC(=O)O)CNC2=O)c1. The van der Waals surface area contributed by atoms with E-state index >= 15 is 0 Å². The van der Waals surface area contributed by atoms with Gasteiger partial charge in [0.05, 0.1) is 6.42 Å². The molecule has 96 valence electrons. The molecule has 5 nitrogen and oxygen atoms in total. The highest BCUT2D eigenvalue weighted by atomic mass is 16.4. The number of aryl methyl sites for hydroxylation is 1. The lowest BCUT2D eigenvalue weighted by Gasteiger charge is -2.32. The first-order chi connectivity index (χ1) is 8.56. The van der Waals surface area contributed by atoms with Crippen molar-refractivity contribution >= 4 is 17.7 Å². The maximum atomic E-state index is 11.8. The van der Waals surface area contributed by atoms with Gasteiger partial charge in [-0.25, -0.2) is 4.79 Å². The predicted octanol–water partition coefficient (Wildman–Crippen LogP) is 1.62. The Hall–Kier alpha value is -2.04. The summed E-state index contributed by atoms with van der Waals surface area (Å²) >= 11 is 0. The van der Waals surface area contributed by atoms with Crippen LogP contribution < -0.4 is 10.2 Å². The summed E-state index contributed by atoms with van der Waals surface area (Å²) < 4.78 is 0. The number of amides is 2. The summed E-state index contributed by atoms with van der Waals surface area (Å²) in [6.45, 7) is 2.83. The molecule has 18 heavy (non-hydrogen) atoms. The van der Waals surface area contributed by atoms with Crippen molar-refractivity contribution in [2.75, 3.05) is 18.0 Å². The van der Waals surface area contributed by atoms with Crippen LogP contribution in [0.1, 0.15) is 12.0 Å². The number of nitrogens with zero attached hydrogens (tertiary/aromatic N) is 1. The number of aliphatic carboxylic acids is 1. The molecule has 0 radical (unpaired) electrons. The van der Waals surface area contributed by atoms with Crippen LogP contribution in [0, 0.1) is 12.8 Å². The molecule has 1 saturated heterocycles. The minimum absolute atomic E-state index is 0.0549. The topological polar surface area (TPSA) is 69.6 Å². The third kappa shape index (κ3) is 2.80. The molecule has 1 aliphatic rings. The van der Waals surface area contributed by atoms with Crippen molar-refractivity contribution in [3.63, 3.8) is 0 Å². The first kappa shape index (κ1) is 12.4.